The molecule has 18 heavy (non-hydrogen) atoms. The fourth-order valence-electron chi connectivity index (χ4n) is 1.51. The second kappa shape index (κ2) is 4.75. The molecular weight excluding hydrogens is 230 g/mol. The Bertz CT molecular complexity index is 626. The summed E-state index contributed by atoms with van der Waals surface area (Å²) in [7, 11) is 0. The first-order chi connectivity index (χ1) is 8.56. The molecule has 0 spiro atoms. The van der Waals surface area contributed by atoms with Crippen LogP contribution in [-0.4, -0.2) is 10.9 Å². The van der Waals surface area contributed by atoms with Gasteiger partial charge in [0.25, 0.3) is 5.91 Å². The number of H-pyrrole nitrogens is 1. The number of hydrogen-bond acceptors (Lipinski definition) is 3. The minimum Gasteiger partial charge on any atom is -0.399 e. The molecule has 1 aromatic heterocycles. The van der Waals surface area contributed by atoms with Crippen molar-refractivity contribution in [3.63, 3.8) is 0 Å². The van der Waals surface area contributed by atoms with Crippen LogP contribution in [0.4, 0.5) is 11.4 Å². The predicted molar refractivity (Wildman–Crippen MR) is 70.6 cm³/mol. The molecule has 0 aliphatic carbocycles. The first-order valence-electron chi connectivity index (χ1n) is 5.42. The van der Waals surface area contributed by atoms with Gasteiger partial charge in [-0.2, -0.15) is 0 Å². The van der Waals surface area contributed by atoms with Crippen LogP contribution in [0.1, 0.15) is 15.9 Å². The first-order valence-corrected chi connectivity index (χ1v) is 5.42. The Morgan fingerprint density at radius 2 is 2.06 bits per heavy atom. The Balaban J connectivity index is 2.18. The van der Waals surface area contributed by atoms with Gasteiger partial charge in [0.15, 0.2) is 0 Å². The Labute approximate surface area is 104 Å². The van der Waals surface area contributed by atoms with Gasteiger partial charge in [0, 0.05) is 23.6 Å². The largest absolute Gasteiger partial charge is 0.399 e. The molecule has 1 heterocycles. The van der Waals surface area contributed by atoms with Gasteiger partial charge >= 0.3 is 0 Å². The van der Waals surface area contributed by atoms with Gasteiger partial charge in [-0.3, -0.25) is 9.59 Å². The number of benzene rings is 1. The fraction of sp³-hybridized carbons (Fsp3) is 0.0769. The zero-order chi connectivity index (χ0) is 13.1. The molecule has 4 N–H and O–H groups in total. The Hall–Kier alpha value is -2.56. The van der Waals surface area contributed by atoms with Crippen LogP contribution in [0, 0.1) is 6.92 Å². The van der Waals surface area contributed by atoms with Gasteiger partial charge in [0.1, 0.15) is 0 Å². The standard InChI is InChI=1S/C13H13N3O2/c1-8-6-10(3-4-11(8)14)16-13(18)9-2-5-12(17)15-7-9/h2-7H,14H2,1H3,(H,15,17)(H,16,18). The van der Waals surface area contributed by atoms with Crippen LogP contribution >= 0.6 is 0 Å². The third-order valence-corrected chi connectivity index (χ3v) is 2.57. The number of nitrogen functional groups attached to an aromatic ring is 1. The minimum atomic E-state index is -0.282. The highest BCUT2D eigenvalue weighted by Gasteiger charge is 2.06. The number of anilines is 2. The highest BCUT2D eigenvalue weighted by molar-refractivity contribution is 6.04. The number of rotatable bonds is 2. The van der Waals surface area contributed by atoms with Crippen molar-refractivity contribution >= 4 is 17.3 Å². The summed E-state index contributed by atoms with van der Waals surface area (Å²) >= 11 is 0. The van der Waals surface area contributed by atoms with Crippen LogP contribution in [0.2, 0.25) is 0 Å². The topological polar surface area (TPSA) is 88.0 Å². The third-order valence-electron chi connectivity index (χ3n) is 2.57. The summed E-state index contributed by atoms with van der Waals surface area (Å²) in [5.74, 6) is -0.282. The molecule has 2 rings (SSSR count). The molecule has 92 valence electrons. The SMILES string of the molecule is Cc1cc(NC(=O)c2ccc(=O)[nH]c2)ccc1N. The molecule has 0 unspecified atom stereocenters. The molecule has 5 heteroatoms. The van der Waals surface area contributed by atoms with Gasteiger partial charge in [-0.15, -0.1) is 0 Å². The van der Waals surface area contributed by atoms with Crippen molar-refractivity contribution in [2.24, 2.45) is 0 Å². The van der Waals surface area contributed by atoms with Gasteiger partial charge in [0.05, 0.1) is 5.56 Å². The van der Waals surface area contributed by atoms with E-state index in [0.717, 1.165) is 5.56 Å². The van der Waals surface area contributed by atoms with E-state index in [1.165, 1.54) is 18.3 Å². The van der Waals surface area contributed by atoms with E-state index >= 15 is 0 Å². The monoisotopic (exact) mass is 243 g/mol. The van der Waals surface area contributed by atoms with Gasteiger partial charge < -0.3 is 16.0 Å². The van der Waals surface area contributed by atoms with E-state index in [0.29, 0.717) is 16.9 Å². The van der Waals surface area contributed by atoms with E-state index in [2.05, 4.69) is 10.3 Å². The van der Waals surface area contributed by atoms with Crippen LogP contribution in [-0.2, 0) is 0 Å². The molecule has 0 radical (unpaired) electrons. The van der Waals surface area contributed by atoms with E-state index in [-0.39, 0.29) is 11.5 Å². The van der Waals surface area contributed by atoms with E-state index in [9.17, 15) is 9.59 Å². The van der Waals surface area contributed by atoms with Crippen molar-refractivity contribution in [1.29, 1.82) is 0 Å². The summed E-state index contributed by atoms with van der Waals surface area (Å²) in [5, 5.41) is 2.73. The lowest BCUT2D eigenvalue weighted by molar-refractivity contribution is 0.102. The Kier molecular flexibility index (Phi) is 3.14. The second-order valence-electron chi connectivity index (χ2n) is 3.97. The van der Waals surface area contributed by atoms with Crippen molar-refractivity contribution in [3.05, 3.63) is 58.0 Å². The summed E-state index contributed by atoms with van der Waals surface area (Å²) in [6.45, 7) is 1.87. The Morgan fingerprint density at radius 3 is 2.67 bits per heavy atom. The van der Waals surface area contributed by atoms with Gasteiger partial charge in [-0.25, -0.2) is 0 Å². The smallest absolute Gasteiger partial charge is 0.257 e. The molecule has 0 saturated heterocycles. The maximum atomic E-state index is 11.9. The average Bonchev–Trinajstić information content (AvgIpc) is 2.34. The fourth-order valence-corrected chi connectivity index (χ4v) is 1.51. The maximum absolute atomic E-state index is 11.9. The summed E-state index contributed by atoms with van der Waals surface area (Å²) in [6.07, 6.45) is 1.38. The molecule has 0 fully saturated rings. The van der Waals surface area contributed by atoms with Crippen molar-refractivity contribution in [1.82, 2.24) is 4.98 Å². The van der Waals surface area contributed by atoms with Crippen molar-refractivity contribution in [2.75, 3.05) is 11.1 Å². The second-order valence-corrected chi connectivity index (χ2v) is 3.97. The van der Waals surface area contributed by atoms with Gasteiger partial charge in [-0.1, -0.05) is 0 Å². The number of pyridine rings is 1. The van der Waals surface area contributed by atoms with Crippen molar-refractivity contribution in [3.8, 4) is 0 Å². The average molecular weight is 243 g/mol. The van der Waals surface area contributed by atoms with Crippen LogP contribution in [0.3, 0.4) is 0 Å². The van der Waals surface area contributed by atoms with Crippen molar-refractivity contribution in [2.45, 2.75) is 6.92 Å². The first kappa shape index (κ1) is 11.9. The highest BCUT2D eigenvalue weighted by atomic mass is 16.1. The third kappa shape index (κ3) is 2.57. The number of amides is 1. The van der Waals surface area contributed by atoms with Crippen LogP contribution in [0.15, 0.2) is 41.3 Å². The number of hydrogen-bond donors (Lipinski definition) is 3. The lowest BCUT2D eigenvalue weighted by Gasteiger charge is -2.07. The van der Waals surface area contributed by atoms with E-state index in [1.807, 2.05) is 6.92 Å². The zero-order valence-electron chi connectivity index (χ0n) is 9.86. The van der Waals surface area contributed by atoms with Gasteiger partial charge in [-0.05, 0) is 36.8 Å². The normalized spacial score (nSPS) is 10.1. The number of aromatic nitrogens is 1. The zero-order valence-corrected chi connectivity index (χ0v) is 9.86. The van der Waals surface area contributed by atoms with E-state index in [1.54, 1.807) is 18.2 Å². The molecule has 5 nitrogen and oxygen atoms in total. The Morgan fingerprint density at radius 1 is 1.28 bits per heavy atom. The number of aromatic amines is 1. The number of aryl methyl sites for hydroxylation is 1. The summed E-state index contributed by atoms with van der Waals surface area (Å²) in [5.41, 5.74) is 8.09. The predicted octanol–water partition coefficient (Wildman–Crippen LogP) is 1.52. The minimum absolute atomic E-state index is 0.241. The number of nitrogens with one attached hydrogen (secondary N) is 2. The molecule has 0 bridgehead atoms. The molecule has 0 aliphatic heterocycles. The summed E-state index contributed by atoms with van der Waals surface area (Å²) in [4.78, 5) is 25.2. The molecule has 1 aromatic carbocycles. The molecule has 0 aliphatic rings. The molecular formula is C13H13N3O2. The molecule has 0 saturated carbocycles. The lowest BCUT2D eigenvalue weighted by Crippen LogP contribution is -2.14. The summed E-state index contributed by atoms with van der Waals surface area (Å²) < 4.78 is 0. The quantitative estimate of drug-likeness (QED) is 0.699. The van der Waals surface area contributed by atoms with Crippen LogP contribution in [0.5, 0.6) is 0 Å². The number of carbonyl (C=O) groups excluding carboxylic acids is 1. The number of carbonyl (C=O) groups is 1. The summed E-state index contributed by atoms with van der Waals surface area (Å²) in [6, 6.07) is 8.03. The maximum Gasteiger partial charge on any atom is 0.257 e. The van der Waals surface area contributed by atoms with Crippen LogP contribution < -0.4 is 16.6 Å². The van der Waals surface area contributed by atoms with E-state index < -0.39 is 0 Å². The van der Waals surface area contributed by atoms with Crippen LogP contribution in [0.25, 0.3) is 0 Å². The molecule has 1 amide bonds. The molecule has 2 aromatic rings. The van der Waals surface area contributed by atoms with Crippen molar-refractivity contribution < 1.29 is 4.79 Å². The highest BCUT2D eigenvalue weighted by Crippen LogP contribution is 2.17. The number of nitrogens with two attached hydrogens (primary N) is 1. The lowest BCUT2D eigenvalue weighted by atomic mass is 10.2. The molecule has 0 atom stereocenters. The van der Waals surface area contributed by atoms with Gasteiger partial charge in [0.2, 0.25) is 5.56 Å². The van der Waals surface area contributed by atoms with E-state index in [4.69, 9.17) is 5.73 Å².